The molecule has 2 unspecified atom stereocenters. The molecule has 4 nitrogen and oxygen atoms in total. The van der Waals surface area contributed by atoms with E-state index in [0.717, 1.165) is 25.3 Å². The summed E-state index contributed by atoms with van der Waals surface area (Å²) >= 11 is 0. The summed E-state index contributed by atoms with van der Waals surface area (Å²) in [5.74, 6) is 0. The van der Waals surface area contributed by atoms with Gasteiger partial charge in [0.25, 0.3) is 0 Å². The third-order valence-electron chi connectivity index (χ3n) is 3.65. The average molecular weight is 265 g/mol. The van der Waals surface area contributed by atoms with Crippen LogP contribution in [0.3, 0.4) is 0 Å². The summed E-state index contributed by atoms with van der Waals surface area (Å²) < 4.78 is 5.22. The highest BCUT2D eigenvalue weighted by atomic mass is 16.5. The van der Waals surface area contributed by atoms with E-state index in [1.165, 1.54) is 5.56 Å². The maximum absolute atomic E-state index is 6.00. The first-order valence-electron chi connectivity index (χ1n) is 7.01. The van der Waals surface area contributed by atoms with Crippen LogP contribution in [-0.4, -0.2) is 42.7 Å². The minimum Gasteiger partial charge on any atom is -0.383 e. The Morgan fingerprint density at radius 1 is 1.42 bits per heavy atom. The number of hydrogen-bond acceptors (Lipinski definition) is 4. The molecule has 0 bridgehead atoms. The monoisotopic (exact) mass is 265 g/mol. The summed E-state index contributed by atoms with van der Waals surface area (Å²) in [5, 5.41) is 0. The van der Waals surface area contributed by atoms with Crippen LogP contribution in [0.4, 0.5) is 0 Å². The van der Waals surface area contributed by atoms with Crippen molar-refractivity contribution in [2.45, 2.75) is 39.3 Å². The van der Waals surface area contributed by atoms with Gasteiger partial charge in [-0.3, -0.25) is 9.88 Å². The second kappa shape index (κ2) is 8.25. The first-order chi connectivity index (χ1) is 9.13. The van der Waals surface area contributed by atoms with Crippen molar-refractivity contribution >= 4 is 0 Å². The van der Waals surface area contributed by atoms with Gasteiger partial charge in [0.1, 0.15) is 0 Å². The van der Waals surface area contributed by atoms with Crippen LogP contribution in [0.1, 0.15) is 37.6 Å². The minimum absolute atomic E-state index is 0.207. The van der Waals surface area contributed by atoms with E-state index in [1.807, 2.05) is 19.2 Å². The van der Waals surface area contributed by atoms with Gasteiger partial charge in [-0.2, -0.15) is 0 Å². The van der Waals surface area contributed by atoms with Crippen LogP contribution in [0.2, 0.25) is 0 Å². The number of aromatic nitrogens is 1. The van der Waals surface area contributed by atoms with E-state index in [2.05, 4.69) is 29.8 Å². The number of nitrogens with two attached hydrogens (primary N) is 1. The van der Waals surface area contributed by atoms with Crippen LogP contribution in [0.5, 0.6) is 0 Å². The fraction of sp³-hybridized carbons (Fsp3) is 0.667. The standard InChI is InChI=1S/C15H27N3O/c1-5-13(3)18(8-9-19-4)15(10-16)14-7-6-12(2)17-11-14/h6-7,11,13,15H,5,8-10,16H2,1-4H3. The third kappa shape index (κ3) is 4.56. The van der Waals surface area contributed by atoms with Gasteiger partial charge >= 0.3 is 0 Å². The summed E-state index contributed by atoms with van der Waals surface area (Å²) in [7, 11) is 1.74. The fourth-order valence-corrected chi connectivity index (χ4v) is 2.25. The second-order valence-corrected chi connectivity index (χ2v) is 4.97. The molecule has 0 fully saturated rings. The van der Waals surface area contributed by atoms with Crippen molar-refractivity contribution in [3.8, 4) is 0 Å². The molecule has 19 heavy (non-hydrogen) atoms. The summed E-state index contributed by atoms with van der Waals surface area (Å²) in [6, 6.07) is 4.86. The Kier molecular flexibility index (Phi) is 6.99. The molecule has 1 heterocycles. The molecule has 1 aromatic heterocycles. The molecule has 0 aliphatic carbocycles. The Labute approximate surface area is 117 Å². The second-order valence-electron chi connectivity index (χ2n) is 4.97. The number of ether oxygens (including phenoxy) is 1. The van der Waals surface area contributed by atoms with E-state index in [9.17, 15) is 0 Å². The smallest absolute Gasteiger partial charge is 0.0590 e. The molecule has 0 saturated heterocycles. The average Bonchev–Trinajstić information content (AvgIpc) is 2.44. The van der Waals surface area contributed by atoms with E-state index in [1.54, 1.807) is 7.11 Å². The lowest BCUT2D eigenvalue weighted by atomic mass is 10.0. The maximum atomic E-state index is 6.00. The molecule has 0 aromatic carbocycles. The topological polar surface area (TPSA) is 51.4 Å². The Morgan fingerprint density at radius 2 is 2.16 bits per heavy atom. The van der Waals surface area contributed by atoms with Gasteiger partial charge in [-0.05, 0) is 31.9 Å². The molecule has 1 rings (SSSR count). The lowest BCUT2D eigenvalue weighted by Crippen LogP contribution is -2.41. The van der Waals surface area contributed by atoms with Gasteiger partial charge in [0.15, 0.2) is 0 Å². The van der Waals surface area contributed by atoms with Crippen molar-refractivity contribution in [3.63, 3.8) is 0 Å². The van der Waals surface area contributed by atoms with Gasteiger partial charge < -0.3 is 10.5 Å². The Bertz CT molecular complexity index is 353. The van der Waals surface area contributed by atoms with Crippen LogP contribution >= 0.6 is 0 Å². The fourth-order valence-electron chi connectivity index (χ4n) is 2.25. The molecule has 0 aliphatic rings. The molecule has 0 radical (unpaired) electrons. The SMILES string of the molecule is CCC(C)N(CCOC)C(CN)c1ccc(C)nc1. The predicted molar refractivity (Wildman–Crippen MR) is 79.1 cm³/mol. The first kappa shape index (κ1) is 16.1. The Morgan fingerprint density at radius 3 is 2.63 bits per heavy atom. The number of pyridine rings is 1. The molecule has 2 N–H and O–H groups in total. The van der Waals surface area contributed by atoms with E-state index < -0.39 is 0 Å². The largest absolute Gasteiger partial charge is 0.383 e. The molecule has 2 atom stereocenters. The number of rotatable bonds is 8. The van der Waals surface area contributed by atoms with Gasteiger partial charge in [-0.15, -0.1) is 0 Å². The summed E-state index contributed by atoms with van der Waals surface area (Å²) in [6.07, 6.45) is 3.04. The highest BCUT2D eigenvalue weighted by Crippen LogP contribution is 2.22. The van der Waals surface area contributed by atoms with Crippen LogP contribution in [-0.2, 0) is 4.74 Å². The van der Waals surface area contributed by atoms with Gasteiger partial charge in [-0.1, -0.05) is 13.0 Å². The Hall–Kier alpha value is -0.970. The molecular formula is C15H27N3O. The third-order valence-corrected chi connectivity index (χ3v) is 3.65. The molecule has 4 heteroatoms. The first-order valence-corrected chi connectivity index (χ1v) is 7.01. The molecule has 0 aliphatic heterocycles. The Balaban J connectivity index is 2.91. The van der Waals surface area contributed by atoms with Crippen molar-refractivity contribution in [2.24, 2.45) is 5.73 Å². The molecule has 0 amide bonds. The molecule has 0 spiro atoms. The van der Waals surface area contributed by atoms with Crippen LogP contribution in [0.25, 0.3) is 0 Å². The van der Waals surface area contributed by atoms with Gasteiger partial charge in [0.2, 0.25) is 0 Å². The van der Waals surface area contributed by atoms with Crippen LogP contribution in [0.15, 0.2) is 18.3 Å². The van der Waals surface area contributed by atoms with E-state index in [-0.39, 0.29) is 6.04 Å². The van der Waals surface area contributed by atoms with Crippen molar-refractivity contribution in [1.82, 2.24) is 9.88 Å². The highest BCUT2D eigenvalue weighted by molar-refractivity contribution is 5.18. The molecule has 1 aromatic rings. The summed E-state index contributed by atoms with van der Waals surface area (Å²) in [4.78, 5) is 6.79. The van der Waals surface area contributed by atoms with E-state index in [0.29, 0.717) is 12.6 Å². The highest BCUT2D eigenvalue weighted by Gasteiger charge is 2.23. The predicted octanol–water partition coefficient (Wildman–Crippen LogP) is 2.14. The molecular weight excluding hydrogens is 238 g/mol. The zero-order valence-electron chi connectivity index (χ0n) is 12.6. The summed E-state index contributed by atoms with van der Waals surface area (Å²) in [5.41, 5.74) is 8.22. The van der Waals surface area contributed by atoms with E-state index in [4.69, 9.17) is 10.5 Å². The lowest BCUT2D eigenvalue weighted by molar-refractivity contribution is 0.0901. The van der Waals surface area contributed by atoms with Gasteiger partial charge in [0.05, 0.1) is 6.61 Å². The van der Waals surface area contributed by atoms with Crippen molar-refractivity contribution in [2.75, 3.05) is 26.8 Å². The van der Waals surface area contributed by atoms with Crippen LogP contribution in [0, 0.1) is 6.92 Å². The van der Waals surface area contributed by atoms with E-state index >= 15 is 0 Å². The number of hydrogen-bond donors (Lipinski definition) is 1. The number of aryl methyl sites for hydroxylation is 1. The lowest BCUT2D eigenvalue weighted by Gasteiger charge is -2.35. The van der Waals surface area contributed by atoms with Crippen LogP contribution < -0.4 is 5.73 Å². The zero-order chi connectivity index (χ0) is 14.3. The zero-order valence-corrected chi connectivity index (χ0v) is 12.6. The quantitative estimate of drug-likeness (QED) is 0.782. The van der Waals surface area contributed by atoms with Crippen molar-refractivity contribution in [1.29, 1.82) is 0 Å². The minimum atomic E-state index is 0.207. The summed E-state index contributed by atoms with van der Waals surface area (Å²) in [6.45, 7) is 8.64. The maximum Gasteiger partial charge on any atom is 0.0590 e. The van der Waals surface area contributed by atoms with Crippen molar-refractivity contribution < 1.29 is 4.74 Å². The van der Waals surface area contributed by atoms with Gasteiger partial charge in [-0.25, -0.2) is 0 Å². The van der Waals surface area contributed by atoms with Gasteiger partial charge in [0, 0.05) is 44.2 Å². The molecule has 0 saturated carbocycles. The number of nitrogens with zero attached hydrogens (tertiary/aromatic N) is 2. The molecule has 108 valence electrons. The van der Waals surface area contributed by atoms with Crippen molar-refractivity contribution in [3.05, 3.63) is 29.6 Å². The number of methoxy groups -OCH3 is 1. The normalized spacial score (nSPS) is 14.6.